The molecular weight excluding hydrogens is 625 g/mol. The first kappa shape index (κ1) is 33.8. The van der Waals surface area contributed by atoms with Crippen LogP contribution in [0.1, 0.15) is 46.0 Å². The number of hydrogen-bond donors (Lipinski definition) is 2. The second-order valence-electron chi connectivity index (χ2n) is 11.2. The number of H-pyrrole nitrogens is 1. The van der Waals surface area contributed by atoms with Crippen LogP contribution in [0.25, 0.3) is 0 Å². The minimum absolute atomic E-state index is 0.0153. The van der Waals surface area contributed by atoms with E-state index in [2.05, 4.69) is 44.5 Å². The van der Waals surface area contributed by atoms with Gasteiger partial charge in [-0.05, 0) is 46.9 Å². The molecule has 0 radical (unpaired) electrons. The third-order valence-corrected chi connectivity index (χ3v) is 8.23. The van der Waals surface area contributed by atoms with Gasteiger partial charge in [0.2, 0.25) is 5.91 Å². The van der Waals surface area contributed by atoms with Gasteiger partial charge in [0.1, 0.15) is 11.6 Å². The monoisotopic (exact) mass is 660 g/mol. The summed E-state index contributed by atoms with van der Waals surface area (Å²) in [5, 5.41) is 2.57. The summed E-state index contributed by atoms with van der Waals surface area (Å²) in [5.41, 5.74) is 2.62. The highest BCUT2D eigenvalue weighted by Crippen LogP contribution is 2.37. The lowest BCUT2D eigenvalue weighted by molar-refractivity contribution is -0.137. The average molecular weight is 661 g/mol. The van der Waals surface area contributed by atoms with Gasteiger partial charge in [0.25, 0.3) is 0 Å². The van der Waals surface area contributed by atoms with E-state index in [0.29, 0.717) is 49.8 Å². The molecule has 0 spiro atoms. The number of aromatic nitrogens is 2. The van der Waals surface area contributed by atoms with E-state index in [1.165, 1.54) is 6.07 Å². The number of aromatic amines is 1. The predicted molar refractivity (Wildman–Crippen MR) is 177 cm³/mol. The number of nitrogens with one attached hydrogen (secondary N) is 2. The Morgan fingerprint density at radius 1 is 0.936 bits per heavy atom. The number of hydrogen-bond acceptors (Lipinski definition) is 4. The number of imidazole rings is 1. The SMILES string of the molecule is O=C(Cc1cccc(OCCCN(Cc2cccc(C(F)(F)F)c2Cl)CC(c2ccccc2)c2ccccc2)c1)NCc1ncc[nH]1. The number of rotatable bonds is 15. The number of halogens is 4. The van der Waals surface area contributed by atoms with Crippen molar-refractivity contribution in [1.82, 2.24) is 20.2 Å². The Labute approximate surface area is 277 Å². The largest absolute Gasteiger partial charge is 0.494 e. The highest BCUT2D eigenvalue weighted by Gasteiger charge is 2.34. The zero-order valence-corrected chi connectivity index (χ0v) is 26.5. The van der Waals surface area contributed by atoms with Crippen molar-refractivity contribution < 1.29 is 22.7 Å². The van der Waals surface area contributed by atoms with Gasteiger partial charge in [-0.1, -0.05) is 96.5 Å². The van der Waals surface area contributed by atoms with Crippen LogP contribution in [0.5, 0.6) is 5.75 Å². The van der Waals surface area contributed by atoms with Crippen molar-refractivity contribution in [3.05, 3.63) is 154 Å². The molecule has 244 valence electrons. The normalized spacial score (nSPS) is 11.6. The predicted octanol–water partition coefficient (Wildman–Crippen LogP) is 8.04. The second-order valence-corrected chi connectivity index (χ2v) is 11.6. The minimum Gasteiger partial charge on any atom is -0.494 e. The number of carbonyl (C=O) groups excluding carboxylic acids is 1. The summed E-state index contributed by atoms with van der Waals surface area (Å²) >= 11 is 6.34. The van der Waals surface area contributed by atoms with Crippen molar-refractivity contribution in [3.8, 4) is 5.75 Å². The van der Waals surface area contributed by atoms with Crippen LogP contribution in [0.3, 0.4) is 0 Å². The lowest BCUT2D eigenvalue weighted by atomic mass is 9.90. The highest BCUT2D eigenvalue weighted by atomic mass is 35.5. The molecule has 6 nitrogen and oxygen atoms in total. The van der Waals surface area contributed by atoms with Gasteiger partial charge in [-0.2, -0.15) is 13.2 Å². The first-order valence-electron chi connectivity index (χ1n) is 15.4. The molecule has 0 aliphatic rings. The third kappa shape index (κ3) is 9.94. The second kappa shape index (κ2) is 16.3. The molecule has 5 rings (SSSR count). The Balaban J connectivity index is 1.26. The van der Waals surface area contributed by atoms with E-state index >= 15 is 0 Å². The summed E-state index contributed by atoms with van der Waals surface area (Å²) in [5.74, 6) is 1.17. The summed E-state index contributed by atoms with van der Waals surface area (Å²) < 4.78 is 47.1. The zero-order chi connectivity index (χ0) is 33.1. The van der Waals surface area contributed by atoms with Gasteiger partial charge in [-0.25, -0.2) is 4.98 Å². The Bertz CT molecular complexity index is 1660. The first-order valence-corrected chi connectivity index (χ1v) is 15.8. The molecule has 5 aromatic rings. The Kier molecular flexibility index (Phi) is 11.7. The molecule has 47 heavy (non-hydrogen) atoms. The van der Waals surface area contributed by atoms with Crippen LogP contribution in [-0.4, -0.2) is 40.5 Å². The Morgan fingerprint density at radius 3 is 2.30 bits per heavy atom. The molecule has 2 N–H and O–H groups in total. The van der Waals surface area contributed by atoms with Crippen LogP contribution >= 0.6 is 11.6 Å². The van der Waals surface area contributed by atoms with Crippen LogP contribution in [-0.2, 0) is 30.5 Å². The molecule has 0 bridgehead atoms. The summed E-state index contributed by atoms with van der Waals surface area (Å²) in [6.07, 6.45) is -0.401. The van der Waals surface area contributed by atoms with Crippen LogP contribution in [0.4, 0.5) is 13.2 Å². The van der Waals surface area contributed by atoms with Crippen LogP contribution in [0.2, 0.25) is 5.02 Å². The summed E-state index contributed by atoms with van der Waals surface area (Å²) in [6.45, 7) is 2.05. The quantitative estimate of drug-likeness (QED) is 0.112. The van der Waals surface area contributed by atoms with Crippen molar-refractivity contribution in [1.29, 1.82) is 0 Å². The van der Waals surface area contributed by atoms with Gasteiger partial charge in [-0.3, -0.25) is 9.69 Å². The number of carbonyl (C=O) groups is 1. The maximum absolute atomic E-state index is 13.7. The number of amides is 1. The molecule has 1 aromatic heterocycles. The minimum atomic E-state index is -4.54. The van der Waals surface area contributed by atoms with E-state index in [4.69, 9.17) is 16.3 Å². The Morgan fingerprint density at radius 2 is 1.64 bits per heavy atom. The van der Waals surface area contributed by atoms with Gasteiger partial charge in [0.05, 0.1) is 30.2 Å². The van der Waals surface area contributed by atoms with E-state index < -0.39 is 11.7 Å². The third-order valence-electron chi connectivity index (χ3n) is 7.78. The highest BCUT2D eigenvalue weighted by molar-refractivity contribution is 6.32. The van der Waals surface area contributed by atoms with Gasteiger partial charge in [0, 0.05) is 37.9 Å². The van der Waals surface area contributed by atoms with E-state index in [-0.39, 0.29) is 29.8 Å². The maximum atomic E-state index is 13.7. The smallest absolute Gasteiger partial charge is 0.417 e. The number of ether oxygens (including phenoxy) is 1. The molecule has 10 heteroatoms. The Hall–Kier alpha value is -4.60. The fourth-order valence-corrected chi connectivity index (χ4v) is 5.77. The lowest BCUT2D eigenvalue weighted by Gasteiger charge is -2.29. The van der Waals surface area contributed by atoms with E-state index in [9.17, 15) is 18.0 Å². The number of benzene rings is 4. The lowest BCUT2D eigenvalue weighted by Crippen LogP contribution is -2.31. The molecular formula is C37H36ClF3N4O2. The van der Waals surface area contributed by atoms with Gasteiger partial charge < -0.3 is 15.0 Å². The van der Waals surface area contributed by atoms with E-state index in [1.807, 2.05) is 60.7 Å². The van der Waals surface area contributed by atoms with Crippen molar-refractivity contribution in [2.45, 2.75) is 38.0 Å². The molecule has 1 heterocycles. The molecule has 0 atom stereocenters. The topological polar surface area (TPSA) is 70.2 Å². The maximum Gasteiger partial charge on any atom is 0.417 e. The van der Waals surface area contributed by atoms with E-state index in [1.54, 1.807) is 18.5 Å². The van der Waals surface area contributed by atoms with Crippen molar-refractivity contribution in [2.75, 3.05) is 19.7 Å². The van der Waals surface area contributed by atoms with Gasteiger partial charge >= 0.3 is 6.18 Å². The van der Waals surface area contributed by atoms with Gasteiger partial charge in [0.15, 0.2) is 0 Å². The van der Waals surface area contributed by atoms with E-state index in [0.717, 1.165) is 22.8 Å². The summed E-state index contributed by atoms with van der Waals surface area (Å²) in [7, 11) is 0. The van der Waals surface area contributed by atoms with Crippen LogP contribution in [0.15, 0.2) is 116 Å². The molecule has 0 saturated heterocycles. The number of nitrogens with zero attached hydrogens (tertiary/aromatic N) is 2. The summed E-state index contributed by atoms with van der Waals surface area (Å²) in [6, 6.07) is 31.6. The molecule has 1 amide bonds. The average Bonchev–Trinajstić information content (AvgIpc) is 3.60. The molecule has 0 aliphatic heterocycles. The molecule has 0 aliphatic carbocycles. The van der Waals surface area contributed by atoms with Crippen molar-refractivity contribution in [2.24, 2.45) is 0 Å². The molecule has 0 unspecified atom stereocenters. The van der Waals surface area contributed by atoms with Crippen molar-refractivity contribution >= 4 is 17.5 Å². The summed E-state index contributed by atoms with van der Waals surface area (Å²) in [4.78, 5) is 21.6. The van der Waals surface area contributed by atoms with Crippen molar-refractivity contribution in [3.63, 3.8) is 0 Å². The zero-order valence-electron chi connectivity index (χ0n) is 25.7. The van der Waals surface area contributed by atoms with Crippen LogP contribution in [0, 0.1) is 0 Å². The fraction of sp³-hybridized carbons (Fsp3) is 0.243. The standard InChI is InChI=1S/C37H36ClF3N4O2/c38-36-30(15-8-17-33(36)37(39,40)41)25-45(26-32(28-11-3-1-4-12-28)29-13-5-2-6-14-29)20-9-21-47-31-16-7-10-27(22-31)23-35(46)44-24-34-42-18-19-43-34/h1-8,10-19,22,32H,9,20-21,23-26H2,(H,42,43)(H,44,46). The molecule has 4 aromatic carbocycles. The fourth-order valence-electron chi connectivity index (χ4n) is 5.48. The van der Waals surface area contributed by atoms with Crippen LogP contribution < -0.4 is 10.1 Å². The molecule has 0 saturated carbocycles. The van der Waals surface area contributed by atoms with Gasteiger partial charge in [-0.15, -0.1) is 0 Å². The molecule has 0 fully saturated rings. The number of alkyl halides is 3. The first-order chi connectivity index (χ1) is 22.8.